The predicted octanol–water partition coefficient (Wildman–Crippen LogP) is 3.37. The molecule has 0 radical (unpaired) electrons. The van der Waals surface area contributed by atoms with E-state index in [-0.39, 0.29) is 11.8 Å². The van der Waals surface area contributed by atoms with Crippen LogP contribution in [0.5, 0.6) is 0 Å². The molecule has 0 aromatic heterocycles. The van der Waals surface area contributed by atoms with Crippen molar-refractivity contribution in [3.8, 4) is 0 Å². The zero-order valence-electron chi connectivity index (χ0n) is 10.0. The standard InChI is InChI=1S/C14H20O2/c1-3-13(11(2)14(15)16)10-9-12-7-5-4-6-8-12/h4-8,11,13H,3,9-10H2,1-2H3,(H,15,16). The zero-order valence-corrected chi connectivity index (χ0v) is 10.0. The fourth-order valence-electron chi connectivity index (χ4n) is 2.01. The van der Waals surface area contributed by atoms with E-state index < -0.39 is 5.97 Å². The van der Waals surface area contributed by atoms with E-state index in [0.29, 0.717) is 0 Å². The highest BCUT2D eigenvalue weighted by atomic mass is 16.4. The number of carbonyl (C=O) groups is 1. The number of rotatable bonds is 6. The van der Waals surface area contributed by atoms with Gasteiger partial charge in [0, 0.05) is 0 Å². The minimum Gasteiger partial charge on any atom is -0.481 e. The lowest BCUT2D eigenvalue weighted by Crippen LogP contribution is -2.20. The Hall–Kier alpha value is -1.31. The summed E-state index contributed by atoms with van der Waals surface area (Å²) < 4.78 is 0. The minimum absolute atomic E-state index is 0.242. The zero-order chi connectivity index (χ0) is 12.0. The normalized spacial score (nSPS) is 14.4. The summed E-state index contributed by atoms with van der Waals surface area (Å²) in [5.41, 5.74) is 1.29. The van der Waals surface area contributed by atoms with Crippen molar-refractivity contribution in [3.05, 3.63) is 35.9 Å². The second kappa shape index (κ2) is 6.31. The van der Waals surface area contributed by atoms with Crippen LogP contribution < -0.4 is 0 Å². The molecule has 2 unspecified atom stereocenters. The van der Waals surface area contributed by atoms with Crippen LogP contribution in [0.1, 0.15) is 32.3 Å². The van der Waals surface area contributed by atoms with E-state index in [1.54, 1.807) is 0 Å². The van der Waals surface area contributed by atoms with Crippen molar-refractivity contribution < 1.29 is 9.90 Å². The molecule has 0 aliphatic carbocycles. The van der Waals surface area contributed by atoms with Crippen molar-refractivity contribution in [1.82, 2.24) is 0 Å². The molecular formula is C14H20O2. The molecule has 0 saturated heterocycles. The summed E-state index contributed by atoms with van der Waals surface area (Å²) in [5.74, 6) is -0.647. The SMILES string of the molecule is CCC(CCc1ccccc1)C(C)C(=O)O. The Balaban J connectivity index is 2.49. The van der Waals surface area contributed by atoms with E-state index in [0.717, 1.165) is 19.3 Å². The molecule has 2 heteroatoms. The third-order valence-electron chi connectivity index (χ3n) is 3.27. The molecule has 0 aliphatic heterocycles. The van der Waals surface area contributed by atoms with Gasteiger partial charge in [0.1, 0.15) is 0 Å². The average molecular weight is 220 g/mol. The average Bonchev–Trinajstić information content (AvgIpc) is 2.30. The van der Waals surface area contributed by atoms with Crippen LogP contribution in [0.4, 0.5) is 0 Å². The monoisotopic (exact) mass is 220 g/mol. The molecule has 1 aromatic rings. The summed E-state index contributed by atoms with van der Waals surface area (Å²) in [6.07, 6.45) is 2.85. The van der Waals surface area contributed by atoms with Crippen LogP contribution in [0.15, 0.2) is 30.3 Å². The molecule has 0 bridgehead atoms. The van der Waals surface area contributed by atoms with E-state index in [1.807, 2.05) is 25.1 Å². The number of carboxylic acids is 1. The Morgan fingerprint density at radius 2 is 1.94 bits per heavy atom. The van der Waals surface area contributed by atoms with Crippen molar-refractivity contribution in [2.45, 2.75) is 33.1 Å². The van der Waals surface area contributed by atoms with E-state index in [9.17, 15) is 4.79 Å². The van der Waals surface area contributed by atoms with E-state index in [1.165, 1.54) is 5.56 Å². The molecule has 16 heavy (non-hydrogen) atoms. The van der Waals surface area contributed by atoms with Gasteiger partial charge in [-0.3, -0.25) is 4.79 Å². The molecule has 0 aliphatic rings. The maximum atomic E-state index is 10.9. The second-order valence-corrected chi connectivity index (χ2v) is 4.32. The second-order valence-electron chi connectivity index (χ2n) is 4.32. The van der Waals surface area contributed by atoms with Crippen LogP contribution in [0.2, 0.25) is 0 Å². The van der Waals surface area contributed by atoms with Crippen molar-refractivity contribution in [2.75, 3.05) is 0 Å². The first-order chi connectivity index (χ1) is 7.65. The molecule has 0 amide bonds. The largest absolute Gasteiger partial charge is 0.481 e. The van der Waals surface area contributed by atoms with Gasteiger partial charge >= 0.3 is 5.97 Å². The Morgan fingerprint density at radius 1 is 1.31 bits per heavy atom. The molecule has 2 atom stereocenters. The fourth-order valence-corrected chi connectivity index (χ4v) is 2.01. The predicted molar refractivity (Wildman–Crippen MR) is 65.3 cm³/mol. The number of hydrogen-bond donors (Lipinski definition) is 1. The number of hydrogen-bond acceptors (Lipinski definition) is 1. The van der Waals surface area contributed by atoms with E-state index >= 15 is 0 Å². The molecule has 0 spiro atoms. The van der Waals surface area contributed by atoms with Crippen molar-refractivity contribution in [3.63, 3.8) is 0 Å². The van der Waals surface area contributed by atoms with Gasteiger partial charge in [0.05, 0.1) is 5.92 Å². The maximum absolute atomic E-state index is 10.9. The lowest BCUT2D eigenvalue weighted by molar-refractivity contribution is -0.143. The lowest BCUT2D eigenvalue weighted by atomic mass is 9.86. The Kier molecular flexibility index (Phi) is 5.03. The summed E-state index contributed by atoms with van der Waals surface area (Å²) in [4.78, 5) is 10.9. The first kappa shape index (κ1) is 12.8. The van der Waals surface area contributed by atoms with Crippen LogP contribution in [0.3, 0.4) is 0 Å². The number of aryl methyl sites for hydroxylation is 1. The third kappa shape index (κ3) is 3.69. The topological polar surface area (TPSA) is 37.3 Å². The maximum Gasteiger partial charge on any atom is 0.306 e. The molecule has 1 rings (SSSR count). The molecular weight excluding hydrogens is 200 g/mol. The highest BCUT2D eigenvalue weighted by Gasteiger charge is 2.21. The van der Waals surface area contributed by atoms with Crippen LogP contribution in [-0.2, 0) is 11.2 Å². The summed E-state index contributed by atoms with van der Waals surface area (Å²) >= 11 is 0. The van der Waals surface area contributed by atoms with Gasteiger partial charge in [0.25, 0.3) is 0 Å². The van der Waals surface area contributed by atoms with Crippen LogP contribution in [-0.4, -0.2) is 11.1 Å². The van der Waals surface area contributed by atoms with Gasteiger partial charge in [-0.15, -0.1) is 0 Å². The Labute approximate surface area is 97.3 Å². The minimum atomic E-state index is -0.681. The summed E-state index contributed by atoms with van der Waals surface area (Å²) in [6.45, 7) is 3.87. The van der Waals surface area contributed by atoms with Gasteiger partial charge in [-0.1, -0.05) is 50.6 Å². The van der Waals surface area contributed by atoms with Crippen molar-refractivity contribution >= 4 is 5.97 Å². The molecule has 2 nitrogen and oxygen atoms in total. The molecule has 1 aromatic carbocycles. The van der Waals surface area contributed by atoms with Crippen LogP contribution in [0.25, 0.3) is 0 Å². The quantitative estimate of drug-likeness (QED) is 0.798. The lowest BCUT2D eigenvalue weighted by Gasteiger charge is -2.18. The van der Waals surface area contributed by atoms with Crippen molar-refractivity contribution in [2.24, 2.45) is 11.8 Å². The summed E-state index contributed by atoms with van der Waals surface area (Å²) in [6, 6.07) is 10.2. The highest BCUT2D eigenvalue weighted by Crippen LogP contribution is 2.21. The summed E-state index contributed by atoms with van der Waals surface area (Å²) in [5, 5.41) is 8.98. The van der Waals surface area contributed by atoms with Crippen LogP contribution >= 0.6 is 0 Å². The molecule has 0 saturated carbocycles. The van der Waals surface area contributed by atoms with Gasteiger partial charge in [0.2, 0.25) is 0 Å². The molecule has 0 fully saturated rings. The molecule has 88 valence electrons. The van der Waals surface area contributed by atoms with E-state index in [4.69, 9.17) is 5.11 Å². The number of aliphatic carboxylic acids is 1. The van der Waals surface area contributed by atoms with Gasteiger partial charge in [0.15, 0.2) is 0 Å². The summed E-state index contributed by atoms with van der Waals surface area (Å²) in [7, 11) is 0. The smallest absolute Gasteiger partial charge is 0.306 e. The fraction of sp³-hybridized carbons (Fsp3) is 0.500. The van der Waals surface area contributed by atoms with Gasteiger partial charge in [-0.25, -0.2) is 0 Å². The first-order valence-electron chi connectivity index (χ1n) is 5.91. The molecule has 1 N–H and O–H groups in total. The third-order valence-corrected chi connectivity index (χ3v) is 3.27. The van der Waals surface area contributed by atoms with Crippen LogP contribution in [0, 0.1) is 11.8 Å². The molecule has 0 heterocycles. The Morgan fingerprint density at radius 3 is 2.44 bits per heavy atom. The number of benzene rings is 1. The highest BCUT2D eigenvalue weighted by molar-refractivity contribution is 5.69. The van der Waals surface area contributed by atoms with Crippen molar-refractivity contribution in [1.29, 1.82) is 0 Å². The number of carboxylic acid groups (broad SMARTS) is 1. The Bertz CT molecular complexity index is 319. The van der Waals surface area contributed by atoms with Gasteiger partial charge in [-0.2, -0.15) is 0 Å². The van der Waals surface area contributed by atoms with E-state index in [2.05, 4.69) is 19.1 Å². The van der Waals surface area contributed by atoms with Gasteiger partial charge < -0.3 is 5.11 Å². The first-order valence-corrected chi connectivity index (χ1v) is 5.91. The van der Waals surface area contributed by atoms with Gasteiger partial charge in [-0.05, 0) is 24.3 Å².